The quantitative estimate of drug-likeness (QED) is 0.0210. The average molecular weight is 954 g/mol. The van der Waals surface area contributed by atoms with Gasteiger partial charge in [0.1, 0.15) is 10.1 Å². The van der Waals surface area contributed by atoms with Crippen molar-refractivity contribution in [1.82, 2.24) is 0 Å². The summed E-state index contributed by atoms with van der Waals surface area (Å²) in [6.45, 7) is 4.78. The van der Waals surface area contributed by atoms with Crippen molar-refractivity contribution in [2.24, 2.45) is 0 Å². The molecule has 7 nitrogen and oxygen atoms in total. The first-order valence-corrected chi connectivity index (χ1v) is 28.5. The maximum atomic E-state index is 13.1. The maximum Gasteiger partial charge on any atom is 1.00 e. The fourth-order valence-corrected chi connectivity index (χ4v) is 9.11. The van der Waals surface area contributed by atoms with Gasteiger partial charge in [0, 0.05) is 0 Å². The molecule has 0 N–H and O–H groups in total. The summed E-state index contributed by atoms with van der Waals surface area (Å²) in [7, 11) is -5.02. The van der Waals surface area contributed by atoms with Crippen molar-refractivity contribution in [1.29, 1.82) is 0 Å². The van der Waals surface area contributed by atoms with Crippen molar-refractivity contribution in [3.8, 4) is 0 Å². The molecule has 0 heterocycles. The van der Waals surface area contributed by atoms with E-state index >= 15 is 0 Å². The van der Waals surface area contributed by atoms with Gasteiger partial charge < -0.3 is 14.0 Å². The Hall–Kier alpha value is -0.814. The van der Waals surface area contributed by atoms with E-state index in [9.17, 15) is 22.6 Å². The van der Waals surface area contributed by atoms with E-state index in [-0.39, 0.29) is 70.2 Å². The molecule has 0 saturated carbocycles. The Morgan fingerprint density at radius 2 is 0.708 bits per heavy atom. The first-order valence-electron chi connectivity index (χ1n) is 27.1. The SMILES string of the molecule is CCCCCC/C=C/CCCCCCCCCCCCCCCCOC(=O)c1cccc(S(=O)(=O)[O-])c1C(=O)OCCCCCCCCCCCCCCCC/C=C/CCCCCC.[K+]. The van der Waals surface area contributed by atoms with Gasteiger partial charge in [0.25, 0.3) is 0 Å². The number of ether oxygens (including phenoxy) is 2. The molecule has 0 aliphatic heterocycles. The number of hydrogen-bond donors (Lipinski definition) is 0. The second-order valence-electron chi connectivity index (χ2n) is 18.5. The van der Waals surface area contributed by atoms with Crippen LogP contribution in [0.2, 0.25) is 0 Å². The zero-order chi connectivity index (χ0) is 46.4. The van der Waals surface area contributed by atoms with Crippen LogP contribution in [0, 0.1) is 0 Å². The molecule has 0 aliphatic rings. The molecule has 65 heavy (non-hydrogen) atoms. The second-order valence-corrected chi connectivity index (χ2v) is 19.9. The summed E-state index contributed by atoms with van der Waals surface area (Å²) in [6, 6.07) is 3.65. The van der Waals surface area contributed by atoms with Crippen LogP contribution in [0.1, 0.15) is 291 Å². The molecule has 0 saturated heterocycles. The van der Waals surface area contributed by atoms with Crippen LogP contribution in [0.15, 0.2) is 47.4 Å². The molecule has 0 aliphatic carbocycles. The normalized spacial score (nSPS) is 11.7. The summed E-state index contributed by atoms with van der Waals surface area (Å²) < 4.78 is 47.0. The number of esters is 2. The van der Waals surface area contributed by atoms with Gasteiger partial charge in [-0.2, -0.15) is 0 Å². The summed E-state index contributed by atoms with van der Waals surface area (Å²) in [5.41, 5.74) is -0.768. The van der Waals surface area contributed by atoms with E-state index in [1.165, 1.54) is 218 Å². The van der Waals surface area contributed by atoms with Crippen molar-refractivity contribution >= 4 is 22.1 Å². The molecule has 1 aromatic rings. The molecule has 0 spiro atoms. The largest absolute Gasteiger partial charge is 1.00 e. The van der Waals surface area contributed by atoms with Gasteiger partial charge >= 0.3 is 63.3 Å². The van der Waals surface area contributed by atoms with Gasteiger partial charge in [-0.25, -0.2) is 18.0 Å². The number of allylic oxidation sites excluding steroid dienone is 4. The molecule has 0 radical (unpaired) electrons. The summed E-state index contributed by atoms with van der Waals surface area (Å²) in [4.78, 5) is 25.4. The van der Waals surface area contributed by atoms with Crippen molar-refractivity contribution in [2.45, 2.75) is 276 Å². The Labute approximate surface area is 443 Å². The predicted octanol–water partition coefficient (Wildman–Crippen LogP) is 14.7. The van der Waals surface area contributed by atoms with Crippen LogP contribution in [0.25, 0.3) is 0 Å². The molecule has 0 aromatic heterocycles. The number of carbonyl (C=O) groups excluding carboxylic acids is 2. The molecule has 1 aromatic carbocycles. The maximum absolute atomic E-state index is 13.1. The summed E-state index contributed by atoms with van der Waals surface area (Å²) in [5.74, 6) is -1.80. The Morgan fingerprint density at radius 1 is 0.431 bits per heavy atom. The number of hydrogen-bond acceptors (Lipinski definition) is 7. The van der Waals surface area contributed by atoms with Crippen LogP contribution in [0.3, 0.4) is 0 Å². The predicted molar refractivity (Wildman–Crippen MR) is 269 cm³/mol. The van der Waals surface area contributed by atoms with Crippen LogP contribution in [0.5, 0.6) is 0 Å². The standard InChI is InChI=1S/C56H98O7S.K/c1-3-5-7-9-11-13-15-17-19-21-23-25-27-29-31-33-35-37-39-41-43-45-50-62-55(57)52-48-47-49-53(64(59,60)61)54(52)56(58)63-51-46-44-42-40-38-36-34-32-30-28-26-24-22-20-18-16-14-12-10-8-6-4-2;/h13-16,47-49H,3-12,17-46,50-51H2,1-2H3,(H,59,60,61);/q;+1/p-1/b15-13+,16-14+;. The molecular weight excluding hydrogens is 856 g/mol. The Bertz CT molecular complexity index is 1410. The molecule has 0 bridgehead atoms. The zero-order valence-corrected chi connectivity index (χ0v) is 46.4. The third-order valence-electron chi connectivity index (χ3n) is 12.5. The number of carbonyl (C=O) groups is 2. The van der Waals surface area contributed by atoms with Gasteiger partial charge in [-0.05, 0) is 76.3 Å². The van der Waals surface area contributed by atoms with Crippen molar-refractivity contribution in [3.63, 3.8) is 0 Å². The molecule has 370 valence electrons. The van der Waals surface area contributed by atoms with Crippen molar-refractivity contribution < 1.29 is 83.4 Å². The molecule has 9 heteroatoms. The van der Waals surface area contributed by atoms with Gasteiger partial charge in [-0.1, -0.05) is 237 Å². The van der Waals surface area contributed by atoms with Crippen molar-refractivity contribution in [3.05, 3.63) is 53.6 Å². The molecular formula is C56H97KO7S. The first kappa shape index (κ1) is 64.2. The average Bonchev–Trinajstić information content (AvgIpc) is 3.28. The van der Waals surface area contributed by atoms with Gasteiger partial charge in [-0.3, -0.25) is 0 Å². The molecule has 0 unspecified atom stereocenters. The third-order valence-corrected chi connectivity index (χ3v) is 13.4. The van der Waals surface area contributed by atoms with Gasteiger partial charge in [-0.15, -0.1) is 0 Å². The number of benzene rings is 1. The Morgan fingerprint density at radius 3 is 1.02 bits per heavy atom. The summed E-state index contributed by atoms with van der Waals surface area (Å²) >= 11 is 0. The summed E-state index contributed by atoms with van der Waals surface area (Å²) in [5, 5.41) is 0. The molecule has 0 amide bonds. The fourth-order valence-electron chi connectivity index (χ4n) is 8.42. The van der Waals surface area contributed by atoms with Crippen LogP contribution >= 0.6 is 0 Å². The monoisotopic (exact) mass is 953 g/mol. The van der Waals surface area contributed by atoms with Gasteiger partial charge in [0.15, 0.2) is 0 Å². The number of rotatable bonds is 47. The van der Waals surface area contributed by atoms with Crippen LogP contribution in [-0.4, -0.2) is 38.1 Å². The minimum absolute atomic E-state index is 0. The van der Waals surface area contributed by atoms with E-state index in [4.69, 9.17) is 9.47 Å². The molecule has 0 atom stereocenters. The zero-order valence-electron chi connectivity index (χ0n) is 42.5. The number of unbranched alkanes of at least 4 members (excludes halogenated alkanes) is 36. The smallest absolute Gasteiger partial charge is 0.744 e. The van der Waals surface area contributed by atoms with E-state index < -0.39 is 32.5 Å². The summed E-state index contributed by atoms with van der Waals surface area (Å²) in [6.07, 6.45) is 59.0. The van der Waals surface area contributed by atoms with E-state index in [1.807, 2.05) is 0 Å². The van der Waals surface area contributed by atoms with Gasteiger partial charge in [0.2, 0.25) is 0 Å². The van der Waals surface area contributed by atoms with E-state index in [2.05, 4.69) is 38.2 Å². The third kappa shape index (κ3) is 39.7. The Balaban J connectivity index is 0.0000410. The van der Waals surface area contributed by atoms with Gasteiger partial charge in [0.05, 0.1) is 29.2 Å². The second kappa shape index (κ2) is 48.2. The minimum atomic E-state index is -5.02. The topological polar surface area (TPSA) is 110 Å². The van der Waals surface area contributed by atoms with Crippen molar-refractivity contribution in [2.75, 3.05) is 13.2 Å². The minimum Gasteiger partial charge on any atom is -0.744 e. The van der Waals surface area contributed by atoms with Crippen LogP contribution in [0.4, 0.5) is 0 Å². The Kier molecular flexibility index (Phi) is 47.6. The van der Waals surface area contributed by atoms with E-state index in [0.717, 1.165) is 44.6 Å². The molecule has 0 fully saturated rings. The fraction of sp³-hybridized carbons (Fsp3) is 0.786. The van der Waals surface area contributed by atoms with E-state index in [0.29, 0.717) is 12.8 Å². The van der Waals surface area contributed by atoms with Crippen LogP contribution < -0.4 is 51.4 Å². The molecule has 1 rings (SSSR count). The van der Waals surface area contributed by atoms with E-state index in [1.54, 1.807) is 0 Å². The van der Waals surface area contributed by atoms with Crippen LogP contribution in [-0.2, 0) is 19.6 Å². The first-order chi connectivity index (χ1) is 31.3.